The Hall–Kier alpha value is -1.75. The predicted molar refractivity (Wildman–Crippen MR) is 72.4 cm³/mol. The maximum atomic E-state index is 11.5. The van der Waals surface area contributed by atoms with Crippen LogP contribution in [0.2, 0.25) is 0 Å². The van der Waals surface area contributed by atoms with E-state index in [4.69, 9.17) is 6.42 Å². The molecule has 0 N–H and O–H groups in total. The molecule has 0 fully saturated rings. The number of hydrogen-bond acceptors (Lipinski definition) is 2. The highest BCUT2D eigenvalue weighted by atomic mass is 16.1. The van der Waals surface area contributed by atoms with Crippen molar-refractivity contribution in [3.05, 3.63) is 29.8 Å². The molecular formula is C15H19NO. The summed E-state index contributed by atoms with van der Waals surface area (Å²) in [5.74, 6) is 2.84. The lowest BCUT2D eigenvalue weighted by molar-refractivity contribution is 0.0988. The normalized spacial score (nSPS) is 9.71. The molecule has 0 aliphatic rings. The van der Waals surface area contributed by atoms with Crippen molar-refractivity contribution in [2.24, 2.45) is 0 Å². The van der Waals surface area contributed by atoms with E-state index in [0.29, 0.717) is 13.0 Å². The van der Waals surface area contributed by atoms with Gasteiger partial charge in [-0.15, -0.1) is 6.42 Å². The second-order valence-electron chi connectivity index (χ2n) is 3.95. The number of benzene rings is 1. The molecule has 0 unspecified atom stereocenters. The quantitative estimate of drug-likeness (QED) is 0.552. The molecule has 0 saturated heterocycles. The summed E-state index contributed by atoms with van der Waals surface area (Å²) in [7, 11) is 0. The van der Waals surface area contributed by atoms with Crippen LogP contribution in [0.5, 0.6) is 0 Å². The highest BCUT2D eigenvalue weighted by Crippen LogP contribution is 2.16. The second kappa shape index (κ2) is 6.75. The van der Waals surface area contributed by atoms with E-state index in [-0.39, 0.29) is 5.78 Å². The Morgan fingerprint density at radius 2 is 1.94 bits per heavy atom. The van der Waals surface area contributed by atoms with E-state index < -0.39 is 0 Å². The van der Waals surface area contributed by atoms with E-state index in [2.05, 4.69) is 17.7 Å². The fourth-order valence-electron chi connectivity index (χ4n) is 1.74. The fraction of sp³-hybridized carbons (Fsp3) is 0.400. The smallest absolute Gasteiger partial charge is 0.162 e. The fourth-order valence-corrected chi connectivity index (χ4v) is 1.74. The molecule has 2 nitrogen and oxygen atoms in total. The molecule has 1 rings (SSSR count). The molecule has 0 spiro atoms. The van der Waals surface area contributed by atoms with E-state index in [1.165, 1.54) is 0 Å². The van der Waals surface area contributed by atoms with E-state index in [9.17, 15) is 4.79 Å². The Bertz CT molecular complexity index is 400. The monoisotopic (exact) mass is 229 g/mol. The van der Waals surface area contributed by atoms with E-state index >= 15 is 0 Å². The number of anilines is 1. The molecule has 0 aromatic heterocycles. The average Bonchev–Trinajstić information content (AvgIpc) is 2.38. The van der Waals surface area contributed by atoms with Crippen molar-refractivity contribution in [1.29, 1.82) is 0 Å². The Labute approximate surface area is 104 Å². The standard InChI is InChI=1S/C15H19NO/c1-4-11-16(12-5-2)14-9-7-13(8-10-14)15(17)6-3/h1,7-10H,5-6,11-12H2,2-3H3. The van der Waals surface area contributed by atoms with Gasteiger partial charge in [-0.1, -0.05) is 19.8 Å². The van der Waals surface area contributed by atoms with Crippen LogP contribution in [-0.2, 0) is 0 Å². The number of hydrogen-bond donors (Lipinski definition) is 0. The molecule has 1 aromatic carbocycles. The molecule has 0 aliphatic carbocycles. The number of nitrogens with zero attached hydrogens (tertiary/aromatic N) is 1. The lowest BCUT2D eigenvalue weighted by Crippen LogP contribution is -2.24. The lowest BCUT2D eigenvalue weighted by Gasteiger charge is -2.21. The maximum absolute atomic E-state index is 11.5. The number of ketones is 1. The van der Waals surface area contributed by atoms with Gasteiger partial charge in [0.1, 0.15) is 0 Å². The van der Waals surface area contributed by atoms with Crippen molar-refractivity contribution in [3.63, 3.8) is 0 Å². The molecular weight excluding hydrogens is 210 g/mol. The van der Waals surface area contributed by atoms with Crippen molar-refractivity contribution in [2.45, 2.75) is 26.7 Å². The first kappa shape index (κ1) is 13.3. The van der Waals surface area contributed by atoms with Gasteiger partial charge in [0.2, 0.25) is 0 Å². The maximum Gasteiger partial charge on any atom is 0.162 e. The molecule has 2 heteroatoms. The number of carbonyl (C=O) groups is 1. The van der Waals surface area contributed by atoms with Crippen LogP contribution in [0, 0.1) is 12.3 Å². The Morgan fingerprint density at radius 1 is 1.29 bits per heavy atom. The molecule has 0 aliphatic heterocycles. The van der Waals surface area contributed by atoms with Crippen molar-refractivity contribution in [1.82, 2.24) is 0 Å². The second-order valence-corrected chi connectivity index (χ2v) is 3.95. The summed E-state index contributed by atoms with van der Waals surface area (Å²) in [6.45, 7) is 5.54. The highest BCUT2D eigenvalue weighted by molar-refractivity contribution is 5.96. The van der Waals surface area contributed by atoms with Gasteiger partial charge in [0.05, 0.1) is 6.54 Å². The molecule has 0 atom stereocenters. The van der Waals surface area contributed by atoms with Gasteiger partial charge in [-0.3, -0.25) is 4.79 Å². The Morgan fingerprint density at radius 3 is 2.41 bits per heavy atom. The molecule has 0 radical (unpaired) electrons. The van der Waals surface area contributed by atoms with Crippen LogP contribution in [0.4, 0.5) is 5.69 Å². The van der Waals surface area contributed by atoms with Gasteiger partial charge in [-0.05, 0) is 30.7 Å². The molecule has 1 aromatic rings. The summed E-state index contributed by atoms with van der Waals surface area (Å²) in [5.41, 5.74) is 1.85. The van der Waals surface area contributed by atoms with Gasteiger partial charge in [0, 0.05) is 24.2 Å². The summed E-state index contributed by atoms with van der Waals surface area (Å²) in [5, 5.41) is 0. The number of rotatable bonds is 6. The van der Waals surface area contributed by atoms with Gasteiger partial charge in [0.15, 0.2) is 5.78 Å². The van der Waals surface area contributed by atoms with Gasteiger partial charge < -0.3 is 4.90 Å². The summed E-state index contributed by atoms with van der Waals surface area (Å²) in [4.78, 5) is 13.6. The zero-order valence-corrected chi connectivity index (χ0v) is 10.6. The summed E-state index contributed by atoms with van der Waals surface area (Å²) in [6, 6.07) is 7.69. The first-order valence-corrected chi connectivity index (χ1v) is 6.04. The Balaban J connectivity index is 2.84. The largest absolute Gasteiger partial charge is 0.360 e. The number of carbonyl (C=O) groups excluding carboxylic acids is 1. The van der Waals surface area contributed by atoms with Crippen LogP contribution >= 0.6 is 0 Å². The molecule has 90 valence electrons. The first-order chi connectivity index (χ1) is 8.22. The average molecular weight is 229 g/mol. The molecule has 0 saturated carbocycles. The third kappa shape index (κ3) is 3.64. The first-order valence-electron chi connectivity index (χ1n) is 6.04. The van der Waals surface area contributed by atoms with Crippen LogP contribution in [0.25, 0.3) is 0 Å². The molecule has 17 heavy (non-hydrogen) atoms. The van der Waals surface area contributed by atoms with Crippen LogP contribution in [0.15, 0.2) is 24.3 Å². The molecule has 0 bridgehead atoms. The SMILES string of the molecule is C#CCN(CCC)c1ccc(C(=O)CC)cc1. The molecule has 0 heterocycles. The zero-order chi connectivity index (χ0) is 12.7. The van der Waals surface area contributed by atoms with Crippen LogP contribution in [0.3, 0.4) is 0 Å². The minimum atomic E-state index is 0.176. The lowest BCUT2D eigenvalue weighted by atomic mass is 10.1. The van der Waals surface area contributed by atoms with E-state index in [0.717, 1.165) is 24.2 Å². The van der Waals surface area contributed by atoms with Crippen LogP contribution < -0.4 is 4.90 Å². The third-order valence-corrected chi connectivity index (χ3v) is 2.65. The zero-order valence-electron chi connectivity index (χ0n) is 10.6. The predicted octanol–water partition coefficient (Wildman–Crippen LogP) is 3.13. The minimum Gasteiger partial charge on any atom is -0.360 e. The van der Waals surface area contributed by atoms with Gasteiger partial charge in [-0.2, -0.15) is 0 Å². The van der Waals surface area contributed by atoms with Gasteiger partial charge in [0.25, 0.3) is 0 Å². The van der Waals surface area contributed by atoms with Crippen LogP contribution in [0.1, 0.15) is 37.0 Å². The summed E-state index contributed by atoms with van der Waals surface area (Å²) >= 11 is 0. The Kier molecular flexibility index (Phi) is 5.29. The van der Waals surface area contributed by atoms with Crippen LogP contribution in [-0.4, -0.2) is 18.9 Å². The van der Waals surface area contributed by atoms with E-state index in [1.54, 1.807) is 0 Å². The topological polar surface area (TPSA) is 20.3 Å². The van der Waals surface area contributed by atoms with Gasteiger partial charge >= 0.3 is 0 Å². The van der Waals surface area contributed by atoms with Crippen molar-refractivity contribution in [2.75, 3.05) is 18.0 Å². The number of terminal acetylenes is 1. The van der Waals surface area contributed by atoms with Crippen molar-refractivity contribution >= 4 is 11.5 Å². The van der Waals surface area contributed by atoms with Crippen molar-refractivity contribution < 1.29 is 4.79 Å². The molecule has 0 amide bonds. The summed E-state index contributed by atoms with van der Waals surface area (Å²) < 4.78 is 0. The summed E-state index contributed by atoms with van der Waals surface area (Å²) in [6.07, 6.45) is 6.95. The van der Waals surface area contributed by atoms with E-state index in [1.807, 2.05) is 31.2 Å². The van der Waals surface area contributed by atoms with Gasteiger partial charge in [-0.25, -0.2) is 0 Å². The highest BCUT2D eigenvalue weighted by Gasteiger charge is 2.06. The number of Topliss-reactive ketones (excluding diaryl/α,β-unsaturated/α-hetero) is 1. The third-order valence-electron chi connectivity index (χ3n) is 2.65. The van der Waals surface area contributed by atoms with Crippen molar-refractivity contribution in [3.8, 4) is 12.3 Å². The minimum absolute atomic E-state index is 0.176.